The van der Waals surface area contributed by atoms with E-state index in [1.54, 1.807) is 12.1 Å². The third kappa shape index (κ3) is 4.35. The third-order valence-corrected chi connectivity index (χ3v) is 2.90. The van der Waals surface area contributed by atoms with E-state index in [1.165, 1.54) is 6.07 Å². The molecule has 0 unspecified atom stereocenters. The first-order valence-electron chi connectivity index (χ1n) is 6.85. The molecule has 0 bridgehead atoms. The molecule has 0 atom stereocenters. The Hall–Kier alpha value is -1.87. The molecule has 0 amide bonds. The van der Waals surface area contributed by atoms with E-state index in [0.717, 1.165) is 11.3 Å². The van der Waals surface area contributed by atoms with E-state index in [4.69, 9.17) is 4.74 Å². The van der Waals surface area contributed by atoms with Crippen LogP contribution in [0.4, 0.5) is 4.39 Å². The molecule has 2 aromatic rings. The Morgan fingerprint density at radius 3 is 2.35 bits per heavy atom. The average Bonchev–Trinajstić information content (AvgIpc) is 2.42. The van der Waals surface area contributed by atoms with E-state index in [9.17, 15) is 4.39 Å². The monoisotopic (exact) mass is 273 g/mol. The van der Waals surface area contributed by atoms with Gasteiger partial charge in [0.2, 0.25) is 0 Å². The summed E-state index contributed by atoms with van der Waals surface area (Å²) in [7, 11) is 0. The summed E-state index contributed by atoms with van der Waals surface area (Å²) in [5.41, 5.74) is 1.84. The fraction of sp³-hybridized carbons (Fsp3) is 0.294. The summed E-state index contributed by atoms with van der Waals surface area (Å²) in [6.45, 7) is 5.24. The van der Waals surface area contributed by atoms with Crippen molar-refractivity contribution in [3.63, 3.8) is 0 Å². The molecule has 0 fully saturated rings. The van der Waals surface area contributed by atoms with Crippen LogP contribution >= 0.6 is 0 Å². The summed E-state index contributed by atoms with van der Waals surface area (Å²) >= 11 is 0. The fourth-order valence-electron chi connectivity index (χ4n) is 1.94. The quantitative estimate of drug-likeness (QED) is 0.861. The van der Waals surface area contributed by atoms with Crippen LogP contribution in [0.25, 0.3) is 0 Å². The van der Waals surface area contributed by atoms with E-state index < -0.39 is 0 Å². The van der Waals surface area contributed by atoms with Crippen molar-refractivity contribution in [2.45, 2.75) is 33.0 Å². The van der Waals surface area contributed by atoms with Crippen LogP contribution < -0.4 is 10.1 Å². The molecule has 2 rings (SSSR count). The maximum absolute atomic E-state index is 13.4. The van der Waals surface area contributed by atoms with Crippen molar-refractivity contribution in [1.29, 1.82) is 0 Å². The van der Waals surface area contributed by atoms with Gasteiger partial charge in [-0.2, -0.15) is 0 Å². The molecule has 2 nitrogen and oxygen atoms in total. The highest BCUT2D eigenvalue weighted by molar-refractivity contribution is 5.27. The summed E-state index contributed by atoms with van der Waals surface area (Å²) in [5.74, 6) is 0.707. The molecule has 20 heavy (non-hydrogen) atoms. The van der Waals surface area contributed by atoms with Gasteiger partial charge in [-0.1, -0.05) is 30.3 Å². The van der Waals surface area contributed by atoms with Gasteiger partial charge in [0.1, 0.15) is 11.6 Å². The minimum Gasteiger partial charge on any atom is -0.491 e. The second-order valence-electron chi connectivity index (χ2n) is 5.01. The molecule has 0 saturated carbocycles. The normalized spacial score (nSPS) is 10.8. The van der Waals surface area contributed by atoms with Crippen molar-refractivity contribution in [2.24, 2.45) is 0 Å². The van der Waals surface area contributed by atoms with Crippen LogP contribution in [0.15, 0.2) is 48.5 Å². The Kier molecular flexibility index (Phi) is 5.13. The van der Waals surface area contributed by atoms with Crippen molar-refractivity contribution >= 4 is 0 Å². The SMILES string of the molecule is CC(C)Oc1ccc(CNCc2ccccc2F)cc1. The highest BCUT2D eigenvalue weighted by atomic mass is 19.1. The lowest BCUT2D eigenvalue weighted by molar-refractivity contribution is 0.242. The van der Waals surface area contributed by atoms with Crippen molar-refractivity contribution in [3.05, 3.63) is 65.5 Å². The van der Waals surface area contributed by atoms with E-state index in [2.05, 4.69) is 5.32 Å². The topological polar surface area (TPSA) is 21.3 Å². The molecule has 0 aliphatic heterocycles. The summed E-state index contributed by atoms with van der Waals surface area (Å²) in [6.07, 6.45) is 0.181. The van der Waals surface area contributed by atoms with Gasteiger partial charge < -0.3 is 10.1 Å². The van der Waals surface area contributed by atoms with Gasteiger partial charge in [0.05, 0.1) is 6.10 Å². The van der Waals surface area contributed by atoms with Gasteiger partial charge in [0, 0.05) is 18.7 Å². The molecule has 0 heterocycles. The molecule has 3 heteroatoms. The molecular weight excluding hydrogens is 253 g/mol. The van der Waals surface area contributed by atoms with Crippen LogP contribution in [0.2, 0.25) is 0 Å². The number of rotatable bonds is 6. The molecule has 2 aromatic carbocycles. The molecule has 0 spiro atoms. The predicted molar refractivity (Wildman–Crippen MR) is 79.1 cm³/mol. The Labute approximate surface area is 119 Å². The van der Waals surface area contributed by atoms with Crippen LogP contribution in [-0.4, -0.2) is 6.10 Å². The van der Waals surface area contributed by atoms with Gasteiger partial charge in [-0.25, -0.2) is 4.39 Å². The van der Waals surface area contributed by atoms with Crippen LogP contribution in [0.3, 0.4) is 0 Å². The van der Waals surface area contributed by atoms with Crippen molar-refractivity contribution in [1.82, 2.24) is 5.32 Å². The van der Waals surface area contributed by atoms with Gasteiger partial charge in [0.25, 0.3) is 0 Å². The Morgan fingerprint density at radius 1 is 1.00 bits per heavy atom. The third-order valence-electron chi connectivity index (χ3n) is 2.90. The lowest BCUT2D eigenvalue weighted by Crippen LogP contribution is -2.13. The molecule has 0 saturated heterocycles. The van der Waals surface area contributed by atoms with Gasteiger partial charge in [0.15, 0.2) is 0 Å². The number of hydrogen-bond acceptors (Lipinski definition) is 2. The minimum absolute atomic E-state index is 0.166. The lowest BCUT2D eigenvalue weighted by atomic mass is 10.2. The smallest absolute Gasteiger partial charge is 0.127 e. The van der Waals surface area contributed by atoms with E-state index >= 15 is 0 Å². The highest BCUT2D eigenvalue weighted by Gasteiger charge is 2.01. The van der Waals surface area contributed by atoms with Gasteiger partial charge in [-0.3, -0.25) is 0 Å². The Bertz CT molecular complexity index is 537. The number of ether oxygens (including phenoxy) is 1. The van der Waals surface area contributed by atoms with Gasteiger partial charge >= 0.3 is 0 Å². The summed E-state index contributed by atoms with van der Waals surface area (Å²) in [4.78, 5) is 0. The number of benzene rings is 2. The van der Waals surface area contributed by atoms with Crippen LogP contribution in [-0.2, 0) is 13.1 Å². The van der Waals surface area contributed by atoms with E-state index in [-0.39, 0.29) is 11.9 Å². The lowest BCUT2D eigenvalue weighted by Gasteiger charge is -2.10. The highest BCUT2D eigenvalue weighted by Crippen LogP contribution is 2.14. The first-order chi connectivity index (χ1) is 9.65. The summed E-state index contributed by atoms with van der Waals surface area (Å²) in [5, 5.41) is 3.24. The zero-order valence-electron chi connectivity index (χ0n) is 11.9. The van der Waals surface area contributed by atoms with Crippen LogP contribution in [0.5, 0.6) is 5.75 Å². The van der Waals surface area contributed by atoms with Crippen LogP contribution in [0, 0.1) is 5.82 Å². The van der Waals surface area contributed by atoms with Crippen molar-refractivity contribution in [2.75, 3.05) is 0 Å². The minimum atomic E-state index is -0.166. The molecular formula is C17H20FNO. The van der Waals surface area contributed by atoms with E-state index in [1.807, 2.05) is 44.2 Å². The molecule has 0 aliphatic rings. The van der Waals surface area contributed by atoms with Crippen LogP contribution in [0.1, 0.15) is 25.0 Å². The molecule has 0 aliphatic carbocycles. The number of nitrogens with one attached hydrogen (secondary N) is 1. The van der Waals surface area contributed by atoms with Crippen molar-refractivity contribution < 1.29 is 9.13 Å². The second-order valence-corrected chi connectivity index (χ2v) is 5.01. The van der Waals surface area contributed by atoms with Gasteiger partial charge in [-0.05, 0) is 37.6 Å². The second kappa shape index (κ2) is 7.06. The largest absolute Gasteiger partial charge is 0.491 e. The number of halogens is 1. The molecule has 1 N–H and O–H groups in total. The molecule has 0 radical (unpaired) electrons. The predicted octanol–water partition coefficient (Wildman–Crippen LogP) is 3.90. The first-order valence-corrected chi connectivity index (χ1v) is 6.85. The standard InChI is InChI=1S/C17H20FNO/c1-13(2)20-16-9-7-14(8-10-16)11-19-12-15-5-3-4-6-17(15)18/h3-10,13,19H,11-12H2,1-2H3. The zero-order chi connectivity index (χ0) is 14.4. The average molecular weight is 273 g/mol. The summed E-state index contributed by atoms with van der Waals surface area (Å²) in [6, 6.07) is 14.8. The summed E-state index contributed by atoms with van der Waals surface area (Å²) < 4.78 is 19.0. The molecule has 0 aromatic heterocycles. The fourth-order valence-corrected chi connectivity index (χ4v) is 1.94. The maximum Gasteiger partial charge on any atom is 0.127 e. The Balaban J connectivity index is 1.84. The Morgan fingerprint density at radius 2 is 1.70 bits per heavy atom. The zero-order valence-corrected chi connectivity index (χ0v) is 11.9. The van der Waals surface area contributed by atoms with Crippen molar-refractivity contribution in [3.8, 4) is 5.75 Å². The first kappa shape index (κ1) is 14.5. The number of hydrogen-bond donors (Lipinski definition) is 1. The molecule has 106 valence electrons. The maximum atomic E-state index is 13.4. The van der Waals surface area contributed by atoms with E-state index in [0.29, 0.717) is 18.7 Å². The van der Waals surface area contributed by atoms with Gasteiger partial charge in [-0.15, -0.1) is 0 Å².